The molecule has 0 fully saturated rings. The fourth-order valence-corrected chi connectivity index (χ4v) is 2.15. The summed E-state index contributed by atoms with van der Waals surface area (Å²) in [5, 5.41) is 5.94. The van der Waals surface area contributed by atoms with E-state index in [4.69, 9.17) is 4.74 Å². The van der Waals surface area contributed by atoms with Crippen LogP contribution in [0.15, 0.2) is 33.9 Å². The summed E-state index contributed by atoms with van der Waals surface area (Å²) in [6.07, 6.45) is 0.857. The minimum Gasteiger partial charge on any atom is -0.385 e. The molecule has 0 radical (unpaired) electrons. The number of benzene rings is 1. The molecule has 0 aliphatic rings. The average molecular weight is 305 g/mol. The number of aromatic nitrogens is 2. The van der Waals surface area contributed by atoms with Crippen LogP contribution in [0.25, 0.3) is 10.8 Å². The van der Waals surface area contributed by atoms with Gasteiger partial charge in [-0.05, 0) is 18.6 Å². The van der Waals surface area contributed by atoms with Gasteiger partial charge in [0.1, 0.15) is 0 Å². The quantitative estimate of drug-likeness (QED) is 0.716. The standard InChI is InChI=1S/C15H19N3O4/c1-22-10-4-8-16-13(19)7-9-18-15(21)12-6-3-2-5-11(12)14(20)17-18/h2-3,5-6H,4,7-10H2,1H3,(H,16,19)(H,17,20). The van der Waals surface area contributed by atoms with Crippen molar-refractivity contribution < 1.29 is 9.53 Å². The van der Waals surface area contributed by atoms with Gasteiger partial charge < -0.3 is 10.1 Å². The number of carbonyl (C=O) groups excluding carboxylic acids is 1. The molecule has 0 atom stereocenters. The molecule has 7 nitrogen and oxygen atoms in total. The molecule has 0 aliphatic heterocycles. The van der Waals surface area contributed by atoms with Gasteiger partial charge in [0.15, 0.2) is 0 Å². The molecular formula is C15H19N3O4. The molecule has 0 spiro atoms. The Balaban J connectivity index is 2.03. The number of rotatable bonds is 7. The first-order valence-corrected chi connectivity index (χ1v) is 7.11. The van der Waals surface area contributed by atoms with Crippen molar-refractivity contribution in [1.82, 2.24) is 15.1 Å². The Bertz CT molecular complexity index is 763. The van der Waals surface area contributed by atoms with Crippen LogP contribution >= 0.6 is 0 Å². The van der Waals surface area contributed by atoms with Crippen LogP contribution in [0.5, 0.6) is 0 Å². The third-order valence-electron chi connectivity index (χ3n) is 3.29. The number of methoxy groups -OCH3 is 1. The van der Waals surface area contributed by atoms with Crippen molar-refractivity contribution >= 4 is 16.7 Å². The largest absolute Gasteiger partial charge is 0.385 e. The highest BCUT2D eigenvalue weighted by Crippen LogP contribution is 2.02. The third kappa shape index (κ3) is 3.82. The average Bonchev–Trinajstić information content (AvgIpc) is 2.54. The zero-order valence-electron chi connectivity index (χ0n) is 12.4. The number of nitrogens with zero attached hydrogens (tertiary/aromatic N) is 1. The van der Waals surface area contributed by atoms with E-state index in [-0.39, 0.29) is 30.0 Å². The van der Waals surface area contributed by atoms with E-state index in [9.17, 15) is 14.4 Å². The van der Waals surface area contributed by atoms with Crippen molar-refractivity contribution in [2.24, 2.45) is 0 Å². The molecule has 0 unspecified atom stereocenters. The maximum absolute atomic E-state index is 12.2. The maximum atomic E-state index is 12.2. The summed E-state index contributed by atoms with van der Waals surface area (Å²) in [6.45, 7) is 1.24. The van der Waals surface area contributed by atoms with Crippen molar-refractivity contribution in [3.05, 3.63) is 45.0 Å². The van der Waals surface area contributed by atoms with Gasteiger partial charge in [-0.2, -0.15) is 0 Å². The number of nitrogens with one attached hydrogen (secondary N) is 2. The van der Waals surface area contributed by atoms with Gasteiger partial charge in [-0.1, -0.05) is 12.1 Å². The lowest BCUT2D eigenvalue weighted by atomic mass is 10.2. The highest BCUT2D eigenvalue weighted by atomic mass is 16.5. The molecule has 22 heavy (non-hydrogen) atoms. The highest BCUT2D eigenvalue weighted by molar-refractivity contribution is 5.80. The second kappa shape index (κ2) is 7.56. The number of hydrogen-bond donors (Lipinski definition) is 2. The molecule has 2 aromatic rings. The molecule has 1 aromatic heterocycles. The van der Waals surface area contributed by atoms with Crippen molar-refractivity contribution in [1.29, 1.82) is 0 Å². The van der Waals surface area contributed by atoms with E-state index in [1.54, 1.807) is 31.4 Å². The first kappa shape index (κ1) is 16.0. The van der Waals surface area contributed by atoms with Gasteiger partial charge in [0.05, 0.1) is 17.3 Å². The highest BCUT2D eigenvalue weighted by Gasteiger charge is 2.08. The van der Waals surface area contributed by atoms with E-state index in [1.165, 1.54) is 4.68 Å². The van der Waals surface area contributed by atoms with Gasteiger partial charge in [0, 0.05) is 26.7 Å². The second-order valence-electron chi connectivity index (χ2n) is 4.89. The molecule has 118 valence electrons. The molecule has 1 aromatic carbocycles. The normalized spacial score (nSPS) is 10.8. The van der Waals surface area contributed by atoms with E-state index in [2.05, 4.69) is 10.4 Å². The summed E-state index contributed by atoms with van der Waals surface area (Å²) in [6, 6.07) is 6.61. The van der Waals surface area contributed by atoms with Gasteiger partial charge in [-0.15, -0.1) is 0 Å². The molecule has 0 saturated heterocycles. The zero-order valence-corrected chi connectivity index (χ0v) is 12.4. The minimum atomic E-state index is -0.337. The minimum absolute atomic E-state index is 0.126. The van der Waals surface area contributed by atoms with Crippen molar-refractivity contribution in [2.45, 2.75) is 19.4 Å². The lowest BCUT2D eigenvalue weighted by molar-refractivity contribution is -0.121. The smallest absolute Gasteiger partial charge is 0.273 e. The molecule has 2 N–H and O–H groups in total. The van der Waals surface area contributed by atoms with Gasteiger partial charge in [-0.25, -0.2) is 4.68 Å². The van der Waals surface area contributed by atoms with Crippen LogP contribution in [-0.2, 0) is 16.1 Å². The van der Waals surface area contributed by atoms with Crippen molar-refractivity contribution in [3.63, 3.8) is 0 Å². The lowest BCUT2D eigenvalue weighted by Gasteiger charge is -2.08. The predicted molar refractivity (Wildman–Crippen MR) is 82.9 cm³/mol. The summed E-state index contributed by atoms with van der Waals surface area (Å²) in [4.78, 5) is 35.8. The number of fused-ring (bicyclic) bond motifs is 1. The summed E-state index contributed by atoms with van der Waals surface area (Å²) in [7, 11) is 1.60. The number of amides is 1. The second-order valence-corrected chi connectivity index (χ2v) is 4.89. The number of aryl methyl sites for hydroxylation is 1. The number of H-pyrrole nitrogens is 1. The van der Waals surface area contributed by atoms with Crippen LogP contribution in [0.1, 0.15) is 12.8 Å². The lowest BCUT2D eigenvalue weighted by Crippen LogP contribution is -2.32. The van der Waals surface area contributed by atoms with Crippen LogP contribution in [0.2, 0.25) is 0 Å². The van der Waals surface area contributed by atoms with Crippen LogP contribution < -0.4 is 16.4 Å². The third-order valence-corrected chi connectivity index (χ3v) is 3.29. The number of carbonyl (C=O) groups is 1. The molecule has 0 aliphatic carbocycles. The van der Waals surface area contributed by atoms with E-state index in [0.717, 1.165) is 6.42 Å². The van der Waals surface area contributed by atoms with Crippen molar-refractivity contribution in [3.8, 4) is 0 Å². The Hall–Kier alpha value is -2.41. The Kier molecular flexibility index (Phi) is 5.48. The maximum Gasteiger partial charge on any atom is 0.273 e. The topological polar surface area (TPSA) is 93.2 Å². The van der Waals surface area contributed by atoms with Crippen LogP contribution in [0.3, 0.4) is 0 Å². The Labute approximate surface area is 126 Å². The molecule has 0 saturated carbocycles. The molecule has 0 bridgehead atoms. The molecule has 1 heterocycles. The Morgan fingerprint density at radius 3 is 2.73 bits per heavy atom. The Morgan fingerprint density at radius 1 is 1.27 bits per heavy atom. The molecular weight excluding hydrogens is 286 g/mol. The molecule has 2 rings (SSSR count). The predicted octanol–water partition coefficient (Wildman–Crippen LogP) is 0.233. The fourth-order valence-electron chi connectivity index (χ4n) is 2.15. The summed E-state index contributed by atoms with van der Waals surface area (Å²) < 4.78 is 6.07. The van der Waals surface area contributed by atoms with Crippen LogP contribution in [-0.4, -0.2) is 35.9 Å². The summed E-state index contributed by atoms with van der Waals surface area (Å²) >= 11 is 0. The first-order chi connectivity index (χ1) is 10.6. The number of ether oxygens (including phenoxy) is 1. The summed E-state index contributed by atoms with van der Waals surface area (Å²) in [5.41, 5.74) is -0.641. The molecule has 1 amide bonds. The van der Waals surface area contributed by atoms with Gasteiger partial charge in [-0.3, -0.25) is 19.5 Å². The number of aromatic amines is 1. The van der Waals surface area contributed by atoms with Crippen LogP contribution in [0.4, 0.5) is 0 Å². The number of hydrogen-bond acceptors (Lipinski definition) is 4. The zero-order chi connectivity index (χ0) is 15.9. The van der Waals surface area contributed by atoms with E-state index in [0.29, 0.717) is 23.9 Å². The Morgan fingerprint density at radius 2 is 2.00 bits per heavy atom. The summed E-state index contributed by atoms with van der Waals surface area (Å²) in [5.74, 6) is -0.169. The van der Waals surface area contributed by atoms with Gasteiger partial charge >= 0.3 is 0 Å². The van der Waals surface area contributed by atoms with Crippen LogP contribution in [0, 0.1) is 0 Å². The molecule has 7 heteroatoms. The van der Waals surface area contributed by atoms with Gasteiger partial charge in [0.2, 0.25) is 5.91 Å². The van der Waals surface area contributed by atoms with E-state index >= 15 is 0 Å². The van der Waals surface area contributed by atoms with Gasteiger partial charge in [0.25, 0.3) is 11.1 Å². The van der Waals surface area contributed by atoms with E-state index < -0.39 is 0 Å². The van der Waals surface area contributed by atoms with E-state index in [1.807, 2.05) is 0 Å². The SMILES string of the molecule is COCCCNC(=O)CCn1[nH]c(=O)c2ccccc2c1=O. The fraction of sp³-hybridized carbons (Fsp3) is 0.400. The van der Waals surface area contributed by atoms with Crippen molar-refractivity contribution in [2.75, 3.05) is 20.3 Å². The monoisotopic (exact) mass is 305 g/mol. The first-order valence-electron chi connectivity index (χ1n) is 7.11.